The predicted molar refractivity (Wildman–Crippen MR) is 55.6 cm³/mol. The number of aromatic amines is 1. The fourth-order valence-corrected chi connectivity index (χ4v) is 0.738. The van der Waals surface area contributed by atoms with Crippen LogP contribution in [0.5, 0.6) is 0 Å². The van der Waals surface area contributed by atoms with Crippen LogP contribution in [-0.4, -0.2) is 15.4 Å². The van der Waals surface area contributed by atoms with E-state index in [0.717, 1.165) is 0 Å². The summed E-state index contributed by atoms with van der Waals surface area (Å²) in [6, 6.07) is 1.43. The van der Waals surface area contributed by atoms with Gasteiger partial charge in [-0.25, -0.2) is 4.98 Å². The minimum Gasteiger partial charge on any atom is -0.412 e. The van der Waals surface area contributed by atoms with Crippen LogP contribution >= 0.6 is 24.8 Å². The molecule has 0 saturated heterocycles. The summed E-state index contributed by atoms with van der Waals surface area (Å²) in [7, 11) is 0. The Morgan fingerprint density at radius 1 is 1.54 bits per heavy atom. The number of halogens is 2. The van der Waals surface area contributed by atoms with Crippen molar-refractivity contribution in [2.45, 2.75) is 13.5 Å². The van der Waals surface area contributed by atoms with Gasteiger partial charge in [-0.2, -0.15) is 0 Å². The van der Waals surface area contributed by atoms with E-state index in [0.29, 0.717) is 11.5 Å². The summed E-state index contributed by atoms with van der Waals surface area (Å²) in [6.45, 7) is 2.03. The predicted octanol–water partition coefficient (Wildman–Crippen LogP) is -0.444. The van der Waals surface area contributed by atoms with Gasteiger partial charge >= 0.3 is 0 Å². The van der Waals surface area contributed by atoms with Gasteiger partial charge in [0.05, 0.1) is 6.54 Å². The zero-order valence-electron chi connectivity index (χ0n) is 7.03. The fourth-order valence-electron chi connectivity index (χ4n) is 0.738. The van der Waals surface area contributed by atoms with E-state index >= 15 is 0 Å². The van der Waals surface area contributed by atoms with Crippen LogP contribution < -0.4 is 11.3 Å². The van der Waals surface area contributed by atoms with Crippen LogP contribution in [0.4, 0.5) is 0 Å². The van der Waals surface area contributed by atoms with E-state index in [-0.39, 0.29) is 42.4 Å². The van der Waals surface area contributed by atoms with E-state index in [1.807, 2.05) is 0 Å². The smallest absolute Gasteiger partial charge is 0.251 e. The molecule has 1 aromatic rings. The highest BCUT2D eigenvalue weighted by Gasteiger charge is 1.92. The van der Waals surface area contributed by atoms with Crippen molar-refractivity contribution in [1.82, 2.24) is 9.97 Å². The van der Waals surface area contributed by atoms with Gasteiger partial charge in [-0.1, -0.05) is 0 Å². The number of aromatic nitrogens is 2. The summed E-state index contributed by atoms with van der Waals surface area (Å²) in [5.41, 5.74) is 5.81. The molecule has 0 aliphatic carbocycles. The molecule has 0 radical (unpaired) electrons. The summed E-state index contributed by atoms with van der Waals surface area (Å²) in [5.74, 6) is 0.532. The van der Waals surface area contributed by atoms with Crippen molar-refractivity contribution in [3.8, 4) is 0 Å². The molecule has 1 heterocycles. The van der Waals surface area contributed by atoms with Crippen LogP contribution in [0.3, 0.4) is 0 Å². The third-order valence-corrected chi connectivity index (χ3v) is 1.11. The largest absolute Gasteiger partial charge is 0.412 e. The highest BCUT2D eigenvalue weighted by atomic mass is 35.5. The third-order valence-electron chi connectivity index (χ3n) is 1.11. The SMILES string of the molecule is Cc1cc(=O)[nH]c(CN)n1.Cl.Cl.O. The van der Waals surface area contributed by atoms with Gasteiger partial charge in [-0.15, -0.1) is 24.8 Å². The fraction of sp³-hybridized carbons (Fsp3) is 0.333. The molecule has 0 aliphatic heterocycles. The molecule has 7 heteroatoms. The molecule has 78 valence electrons. The molecule has 0 aromatic carbocycles. The average molecular weight is 230 g/mol. The first-order valence-electron chi connectivity index (χ1n) is 2.99. The Morgan fingerprint density at radius 3 is 2.46 bits per heavy atom. The number of rotatable bonds is 1. The molecule has 0 atom stereocenters. The first-order valence-corrected chi connectivity index (χ1v) is 2.99. The quantitative estimate of drug-likeness (QED) is 0.683. The number of hydrogen-bond acceptors (Lipinski definition) is 3. The van der Waals surface area contributed by atoms with E-state index in [4.69, 9.17) is 5.73 Å². The van der Waals surface area contributed by atoms with Crippen molar-refractivity contribution in [1.29, 1.82) is 0 Å². The van der Waals surface area contributed by atoms with Crippen LogP contribution in [0.25, 0.3) is 0 Å². The Labute approximate surface area is 87.9 Å². The maximum Gasteiger partial charge on any atom is 0.251 e. The molecule has 1 aromatic heterocycles. The van der Waals surface area contributed by atoms with Gasteiger partial charge in [0.15, 0.2) is 0 Å². The average Bonchev–Trinajstić information content (AvgIpc) is 1.85. The van der Waals surface area contributed by atoms with Gasteiger partial charge in [0.2, 0.25) is 0 Å². The standard InChI is InChI=1S/C6H9N3O.2ClH.H2O/c1-4-2-6(10)9-5(3-7)8-4;;;/h2H,3,7H2,1H3,(H,8,9,10);2*1H;1H2. The van der Waals surface area contributed by atoms with E-state index in [1.54, 1.807) is 6.92 Å². The lowest BCUT2D eigenvalue weighted by molar-refractivity contribution is 0.824. The lowest BCUT2D eigenvalue weighted by atomic mass is 10.4. The molecule has 0 amide bonds. The van der Waals surface area contributed by atoms with E-state index in [9.17, 15) is 4.79 Å². The summed E-state index contributed by atoms with van der Waals surface area (Å²) < 4.78 is 0. The molecule has 0 spiro atoms. The number of nitrogens with one attached hydrogen (secondary N) is 1. The van der Waals surface area contributed by atoms with Gasteiger partial charge < -0.3 is 16.2 Å². The Bertz CT molecular complexity index is 289. The number of nitrogens with two attached hydrogens (primary N) is 1. The minimum absolute atomic E-state index is 0. The van der Waals surface area contributed by atoms with Crippen molar-refractivity contribution in [3.05, 3.63) is 27.9 Å². The van der Waals surface area contributed by atoms with E-state index in [1.165, 1.54) is 6.07 Å². The number of aryl methyl sites for hydroxylation is 1. The molecule has 0 bridgehead atoms. The summed E-state index contributed by atoms with van der Waals surface area (Å²) >= 11 is 0. The van der Waals surface area contributed by atoms with Crippen molar-refractivity contribution < 1.29 is 5.48 Å². The molecule has 0 saturated carbocycles. The molecule has 0 aliphatic rings. The summed E-state index contributed by atoms with van der Waals surface area (Å²) in [5, 5.41) is 0. The summed E-state index contributed by atoms with van der Waals surface area (Å²) in [4.78, 5) is 17.2. The van der Waals surface area contributed by atoms with E-state index < -0.39 is 0 Å². The molecule has 0 unspecified atom stereocenters. The maximum absolute atomic E-state index is 10.7. The highest BCUT2D eigenvalue weighted by molar-refractivity contribution is 5.85. The second-order valence-electron chi connectivity index (χ2n) is 2.04. The Morgan fingerprint density at radius 2 is 2.08 bits per heavy atom. The normalized spacial score (nSPS) is 7.54. The van der Waals surface area contributed by atoms with Crippen molar-refractivity contribution >= 4 is 24.8 Å². The second kappa shape index (κ2) is 8.00. The van der Waals surface area contributed by atoms with Gasteiger partial charge in [0.25, 0.3) is 5.56 Å². The van der Waals surface area contributed by atoms with Gasteiger partial charge in [0, 0.05) is 11.8 Å². The zero-order chi connectivity index (χ0) is 7.56. The molecule has 5 nitrogen and oxygen atoms in total. The number of H-pyrrole nitrogens is 1. The van der Waals surface area contributed by atoms with Crippen molar-refractivity contribution in [2.24, 2.45) is 5.73 Å². The number of nitrogens with zero attached hydrogens (tertiary/aromatic N) is 1. The zero-order valence-corrected chi connectivity index (χ0v) is 8.67. The van der Waals surface area contributed by atoms with Crippen molar-refractivity contribution in [3.63, 3.8) is 0 Å². The Kier molecular flexibility index (Phi) is 11.2. The van der Waals surface area contributed by atoms with Crippen molar-refractivity contribution in [2.75, 3.05) is 0 Å². The van der Waals surface area contributed by atoms with Crippen LogP contribution in [-0.2, 0) is 6.54 Å². The molecule has 1 rings (SSSR count). The summed E-state index contributed by atoms with van der Waals surface area (Å²) in [6.07, 6.45) is 0. The third kappa shape index (κ3) is 5.59. The maximum atomic E-state index is 10.7. The first kappa shape index (κ1) is 18.2. The molecule has 13 heavy (non-hydrogen) atoms. The van der Waals surface area contributed by atoms with E-state index in [2.05, 4.69) is 9.97 Å². The Balaban J connectivity index is -0.000000333. The Hall–Kier alpha value is -0.620. The lowest BCUT2D eigenvalue weighted by Gasteiger charge is -1.95. The molecule has 0 fully saturated rings. The van der Waals surface area contributed by atoms with Crippen LogP contribution in [0.2, 0.25) is 0 Å². The monoisotopic (exact) mass is 229 g/mol. The molecule has 5 N–H and O–H groups in total. The van der Waals surface area contributed by atoms with Crippen LogP contribution in [0.1, 0.15) is 11.5 Å². The first-order chi connectivity index (χ1) is 4.72. The molecular formula is C6H13Cl2N3O2. The second-order valence-corrected chi connectivity index (χ2v) is 2.04. The lowest BCUT2D eigenvalue weighted by Crippen LogP contribution is -2.13. The van der Waals surface area contributed by atoms with Crippen LogP contribution in [0.15, 0.2) is 10.9 Å². The molecular weight excluding hydrogens is 217 g/mol. The van der Waals surface area contributed by atoms with Gasteiger partial charge in [-0.3, -0.25) is 4.79 Å². The topological polar surface area (TPSA) is 103 Å². The number of hydrogen-bond donors (Lipinski definition) is 2. The van der Waals surface area contributed by atoms with Gasteiger partial charge in [0.1, 0.15) is 5.82 Å². The highest BCUT2D eigenvalue weighted by Crippen LogP contribution is 1.86. The minimum atomic E-state index is -0.145. The van der Waals surface area contributed by atoms with Gasteiger partial charge in [-0.05, 0) is 6.92 Å². The van der Waals surface area contributed by atoms with Crippen LogP contribution in [0, 0.1) is 6.92 Å².